The fourth-order valence-electron chi connectivity index (χ4n) is 4.91. The number of rotatable bonds is 3. The summed E-state index contributed by atoms with van der Waals surface area (Å²) in [5, 5.41) is 5.39. The van der Waals surface area contributed by atoms with E-state index >= 15 is 0 Å². The van der Waals surface area contributed by atoms with Gasteiger partial charge in [-0.2, -0.15) is 0 Å². The molecule has 0 radical (unpaired) electrons. The summed E-state index contributed by atoms with van der Waals surface area (Å²) in [7, 11) is 0. The van der Waals surface area contributed by atoms with Gasteiger partial charge in [0.2, 0.25) is 5.91 Å². The Morgan fingerprint density at radius 2 is 2.11 bits per heavy atom. The second-order valence-electron chi connectivity index (χ2n) is 8.13. The number of carbonyl (C=O) groups is 1. The normalized spacial score (nSPS) is 27.1. The highest BCUT2D eigenvalue weighted by molar-refractivity contribution is 7.99. The Morgan fingerprint density at radius 1 is 1.25 bits per heavy atom. The number of benzene rings is 1. The minimum atomic E-state index is 0.00369. The summed E-state index contributed by atoms with van der Waals surface area (Å²) in [5.74, 6) is 2.76. The monoisotopic (exact) mass is 419 g/mol. The SMILES string of the molecule is O=C([C@@H]1C[C@H](N2CCC(c3coc4cc(Cl)ccc34)CC2)CN1)N1CCSC1. The van der Waals surface area contributed by atoms with Crippen LogP contribution in [0.25, 0.3) is 11.0 Å². The Balaban J connectivity index is 1.19. The first-order valence-electron chi connectivity index (χ1n) is 10.2. The lowest BCUT2D eigenvalue weighted by molar-refractivity contribution is -0.131. The summed E-state index contributed by atoms with van der Waals surface area (Å²) < 4.78 is 5.75. The maximum absolute atomic E-state index is 12.6. The third-order valence-electron chi connectivity index (χ3n) is 6.52. The van der Waals surface area contributed by atoms with Crippen LogP contribution in [0.1, 0.15) is 30.7 Å². The van der Waals surface area contributed by atoms with Gasteiger partial charge < -0.3 is 14.6 Å². The molecule has 4 heterocycles. The molecule has 7 heteroatoms. The largest absolute Gasteiger partial charge is 0.464 e. The fourth-order valence-corrected chi connectivity index (χ4v) is 6.02. The van der Waals surface area contributed by atoms with Gasteiger partial charge >= 0.3 is 0 Å². The van der Waals surface area contributed by atoms with Crippen LogP contribution in [0.4, 0.5) is 0 Å². The highest BCUT2D eigenvalue weighted by Crippen LogP contribution is 2.36. The minimum Gasteiger partial charge on any atom is -0.464 e. The molecule has 1 aromatic heterocycles. The lowest BCUT2D eigenvalue weighted by Crippen LogP contribution is -2.42. The van der Waals surface area contributed by atoms with Crippen molar-refractivity contribution in [3.05, 3.63) is 35.0 Å². The van der Waals surface area contributed by atoms with Crippen molar-refractivity contribution in [1.82, 2.24) is 15.1 Å². The third-order valence-corrected chi connectivity index (χ3v) is 7.72. The van der Waals surface area contributed by atoms with Crippen LogP contribution in [-0.4, -0.2) is 65.6 Å². The number of amides is 1. The van der Waals surface area contributed by atoms with Gasteiger partial charge in [-0.1, -0.05) is 11.6 Å². The van der Waals surface area contributed by atoms with Gasteiger partial charge in [-0.3, -0.25) is 9.69 Å². The summed E-state index contributed by atoms with van der Waals surface area (Å²) in [6.07, 6.45) is 5.13. The molecular formula is C21H26ClN3O2S. The molecule has 3 saturated heterocycles. The molecule has 2 aromatic rings. The van der Waals surface area contributed by atoms with Gasteiger partial charge in [0.25, 0.3) is 0 Å². The van der Waals surface area contributed by atoms with E-state index < -0.39 is 0 Å². The number of thioether (sulfide) groups is 1. The number of hydrogen-bond acceptors (Lipinski definition) is 5. The molecule has 150 valence electrons. The first-order chi connectivity index (χ1) is 13.7. The highest BCUT2D eigenvalue weighted by Gasteiger charge is 2.37. The third kappa shape index (κ3) is 3.56. The molecular weight excluding hydrogens is 394 g/mol. The minimum absolute atomic E-state index is 0.00369. The van der Waals surface area contributed by atoms with Crippen molar-refractivity contribution in [3.63, 3.8) is 0 Å². The van der Waals surface area contributed by atoms with E-state index in [-0.39, 0.29) is 6.04 Å². The number of likely N-dealkylation sites (tertiary alicyclic amines) is 1. The topological polar surface area (TPSA) is 48.7 Å². The molecule has 1 N–H and O–H groups in total. The standard InChI is InChI=1S/C21H26ClN3O2S/c22-15-1-2-17-18(12-27-20(17)9-15)14-3-5-24(6-4-14)16-10-19(23-11-16)21(26)25-7-8-28-13-25/h1-2,9,12,14,16,19,23H,3-8,10-11,13H2/t16-,19-/m0/s1. The first kappa shape index (κ1) is 18.8. The molecule has 3 aliphatic heterocycles. The van der Waals surface area contributed by atoms with E-state index in [4.69, 9.17) is 16.0 Å². The van der Waals surface area contributed by atoms with Gasteiger partial charge in [0, 0.05) is 40.9 Å². The van der Waals surface area contributed by atoms with Crippen molar-refractivity contribution in [2.75, 3.05) is 37.8 Å². The Hall–Kier alpha value is -1.21. The molecule has 5 nitrogen and oxygen atoms in total. The Morgan fingerprint density at radius 3 is 2.89 bits per heavy atom. The van der Waals surface area contributed by atoms with Crippen LogP contribution in [-0.2, 0) is 4.79 Å². The van der Waals surface area contributed by atoms with E-state index in [0.717, 1.165) is 62.7 Å². The molecule has 0 bridgehead atoms. The van der Waals surface area contributed by atoms with Crippen molar-refractivity contribution in [2.45, 2.75) is 37.3 Å². The van der Waals surface area contributed by atoms with Crippen molar-refractivity contribution in [1.29, 1.82) is 0 Å². The summed E-state index contributed by atoms with van der Waals surface area (Å²) in [6.45, 7) is 3.99. The second-order valence-corrected chi connectivity index (χ2v) is 9.64. The average molecular weight is 420 g/mol. The molecule has 28 heavy (non-hydrogen) atoms. The number of hydrogen-bond donors (Lipinski definition) is 1. The fraction of sp³-hybridized carbons (Fsp3) is 0.571. The number of furan rings is 1. The molecule has 0 saturated carbocycles. The molecule has 3 aliphatic rings. The van der Waals surface area contributed by atoms with E-state index in [9.17, 15) is 4.79 Å². The maximum atomic E-state index is 12.6. The zero-order valence-corrected chi connectivity index (χ0v) is 17.5. The molecule has 2 atom stereocenters. The molecule has 3 fully saturated rings. The zero-order chi connectivity index (χ0) is 19.1. The van der Waals surface area contributed by atoms with Crippen LogP contribution in [0, 0.1) is 0 Å². The van der Waals surface area contributed by atoms with E-state index in [1.165, 1.54) is 10.9 Å². The lowest BCUT2D eigenvalue weighted by Gasteiger charge is -2.35. The Kier molecular flexibility index (Phi) is 5.30. The van der Waals surface area contributed by atoms with Crippen molar-refractivity contribution < 1.29 is 9.21 Å². The van der Waals surface area contributed by atoms with Crippen molar-refractivity contribution in [2.24, 2.45) is 0 Å². The van der Waals surface area contributed by atoms with E-state index in [2.05, 4.69) is 16.3 Å². The van der Waals surface area contributed by atoms with Gasteiger partial charge in [-0.15, -0.1) is 11.8 Å². The van der Waals surface area contributed by atoms with Gasteiger partial charge in [0.1, 0.15) is 5.58 Å². The van der Waals surface area contributed by atoms with Crippen molar-refractivity contribution in [3.8, 4) is 0 Å². The number of fused-ring (bicyclic) bond motifs is 1. The van der Waals surface area contributed by atoms with Crippen LogP contribution in [0.15, 0.2) is 28.9 Å². The molecule has 0 spiro atoms. The van der Waals surface area contributed by atoms with Crippen molar-refractivity contribution >= 4 is 40.2 Å². The lowest BCUT2D eigenvalue weighted by atomic mass is 9.88. The molecule has 5 rings (SSSR count). The average Bonchev–Trinajstić information content (AvgIpc) is 3.47. The van der Waals surface area contributed by atoms with Gasteiger partial charge in [0.05, 0.1) is 18.2 Å². The Labute approximate surface area is 174 Å². The molecule has 1 amide bonds. The number of nitrogens with one attached hydrogen (secondary N) is 1. The maximum Gasteiger partial charge on any atom is 0.240 e. The summed E-state index contributed by atoms with van der Waals surface area (Å²) in [4.78, 5) is 17.2. The quantitative estimate of drug-likeness (QED) is 0.824. The summed E-state index contributed by atoms with van der Waals surface area (Å²) in [6, 6.07) is 6.40. The molecule has 0 aliphatic carbocycles. The van der Waals surface area contributed by atoms with Crippen LogP contribution in [0.5, 0.6) is 0 Å². The predicted octanol–water partition coefficient (Wildman–Crippen LogP) is 3.53. The van der Waals surface area contributed by atoms with Crippen LogP contribution < -0.4 is 5.32 Å². The number of nitrogens with zero attached hydrogens (tertiary/aromatic N) is 2. The van der Waals surface area contributed by atoms with Gasteiger partial charge in [0.15, 0.2) is 0 Å². The van der Waals surface area contributed by atoms with Crippen LogP contribution in [0.2, 0.25) is 5.02 Å². The summed E-state index contributed by atoms with van der Waals surface area (Å²) >= 11 is 7.93. The predicted molar refractivity (Wildman–Crippen MR) is 114 cm³/mol. The van der Waals surface area contributed by atoms with Gasteiger partial charge in [-0.25, -0.2) is 0 Å². The van der Waals surface area contributed by atoms with E-state index in [0.29, 0.717) is 22.9 Å². The summed E-state index contributed by atoms with van der Waals surface area (Å²) in [5.41, 5.74) is 2.20. The first-order valence-corrected chi connectivity index (χ1v) is 11.7. The van der Waals surface area contributed by atoms with Crippen LogP contribution >= 0.6 is 23.4 Å². The van der Waals surface area contributed by atoms with Gasteiger partial charge in [-0.05, 0) is 56.5 Å². The smallest absolute Gasteiger partial charge is 0.240 e. The van der Waals surface area contributed by atoms with Crippen LogP contribution in [0.3, 0.4) is 0 Å². The number of carbonyl (C=O) groups excluding carboxylic acids is 1. The highest BCUT2D eigenvalue weighted by atomic mass is 35.5. The second kappa shape index (κ2) is 7.90. The Bertz CT molecular complexity index is 858. The van der Waals surface area contributed by atoms with E-state index in [1.807, 2.05) is 35.1 Å². The zero-order valence-electron chi connectivity index (χ0n) is 15.9. The van der Waals surface area contributed by atoms with E-state index in [1.54, 1.807) is 0 Å². The number of halogens is 1. The number of piperidine rings is 1. The molecule has 1 aromatic carbocycles. The molecule has 0 unspecified atom stereocenters.